The zero-order valence-electron chi connectivity index (χ0n) is 16.6. The third kappa shape index (κ3) is 3.63. The number of hydrogen-bond donors (Lipinski definition) is 1. The molecule has 1 saturated heterocycles. The molecule has 0 unspecified atom stereocenters. The molecule has 3 aromatic rings. The Kier molecular flexibility index (Phi) is 5.20. The summed E-state index contributed by atoms with van der Waals surface area (Å²) in [6.45, 7) is 2.47. The van der Waals surface area contributed by atoms with Crippen molar-refractivity contribution in [1.29, 1.82) is 0 Å². The Morgan fingerprint density at radius 3 is 2.58 bits per heavy atom. The number of fused-ring (bicyclic) bond motifs is 1. The predicted molar refractivity (Wildman–Crippen MR) is 111 cm³/mol. The summed E-state index contributed by atoms with van der Waals surface area (Å²) in [6.07, 6.45) is 2.53. The number of H-pyrrole nitrogens is 1. The van der Waals surface area contributed by atoms with Gasteiger partial charge in [-0.25, -0.2) is 4.98 Å². The van der Waals surface area contributed by atoms with Gasteiger partial charge in [0, 0.05) is 49.7 Å². The van der Waals surface area contributed by atoms with Crippen LogP contribution < -0.4 is 0 Å². The minimum Gasteiger partial charge on any atom is -0.345 e. The topological polar surface area (TPSA) is 130 Å². The summed E-state index contributed by atoms with van der Waals surface area (Å²) < 4.78 is 0. The van der Waals surface area contributed by atoms with Crippen LogP contribution in [0.5, 0.6) is 0 Å². The first-order valence-corrected chi connectivity index (χ1v) is 9.68. The van der Waals surface area contributed by atoms with E-state index in [1.807, 2.05) is 13.0 Å². The number of aromatic amines is 1. The van der Waals surface area contributed by atoms with Gasteiger partial charge in [-0.3, -0.25) is 24.5 Å². The number of nitro groups is 1. The van der Waals surface area contributed by atoms with Gasteiger partial charge in [0.15, 0.2) is 0 Å². The molecule has 0 radical (unpaired) electrons. The van der Waals surface area contributed by atoms with Crippen LogP contribution in [-0.2, 0) is 4.79 Å². The summed E-state index contributed by atoms with van der Waals surface area (Å²) in [5, 5.41) is 11.3. The summed E-state index contributed by atoms with van der Waals surface area (Å²) in [7, 11) is 0. The Bertz CT molecular complexity index is 1190. The van der Waals surface area contributed by atoms with E-state index in [9.17, 15) is 24.5 Å². The Morgan fingerprint density at radius 1 is 1.16 bits per heavy atom. The van der Waals surface area contributed by atoms with E-state index in [4.69, 9.17) is 0 Å². The van der Waals surface area contributed by atoms with Gasteiger partial charge in [-0.05, 0) is 19.1 Å². The molecule has 2 amide bonds. The number of nitrogens with one attached hydrogen (secondary N) is 1. The van der Waals surface area contributed by atoms with Crippen molar-refractivity contribution in [2.24, 2.45) is 0 Å². The fourth-order valence-electron chi connectivity index (χ4n) is 3.82. The number of aromatic nitrogens is 2. The second-order valence-corrected chi connectivity index (χ2v) is 7.31. The molecule has 4 rings (SSSR count). The summed E-state index contributed by atoms with van der Waals surface area (Å²) in [5.74, 6) is -1.75. The normalized spacial score (nSPS) is 16.4. The van der Waals surface area contributed by atoms with Crippen LogP contribution in [0.3, 0.4) is 0 Å². The number of piperazine rings is 1. The second kappa shape index (κ2) is 7.98. The number of rotatable bonds is 4. The SMILES string of the molecule is C[C@@H]1CN(C(=O)C(=O)c2c[nH]c3nccc([N+](=O)[O-])c23)CCN1C(=O)c1ccccc1. The van der Waals surface area contributed by atoms with Gasteiger partial charge in [0.25, 0.3) is 23.3 Å². The molecule has 10 nitrogen and oxygen atoms in total. The first-order valence-electron chi connectivity index (χ1n) is 9.68. The number of carbonyl (C=O) groups is 3. The van der Waals surface area contributed by atoms with Gasteiger partial charge in [-0.2, -0.15) is 0 Å². The first kappa shape index (κ1) is 20.2. The van der Waals surface area contributed by atoms with Gasteiger partial charge in [-0.15, -0.1) is 0 Å². The molecule has 0 bridgehead atoms. The lowest BCUT2D eigenvalue weighted by Crippen LogP contribution is -2.56. The van der Waals surface area contributed by atoms with E-state index in [2.05, 4.69) is 9.97 Å². The summed E-state index contributed by atoms with van der Waals surface area (Å²) in [4.78, 5) is 59.0. The van der Waals surface area contributed by atoms with E-state index in [1.54, 1.807) is 29.2 Å². The zero-order chi connectivity index (χ0) is 22.1. The molecule has 0 aliphatic carbocycles. The third-order valence-corrected chi connectivity index (χ3v) is 5.38. The van der Waals surface area contributed by atoms with E-state index in [-0.39, 0.29) is 53.9 Å². The molecule has 0 saturated carbocycles. The molecule has 3 heterocycles. The van der Waals surface area contributed by atoms with Crippen molar-refractivity contribution in [2.75, 3.05) is 19.6 Å². The highest BCUT2D eigenvalue weighted by Gasteiger charge is 2.34. The van der Waals surface area contributed by atoms with Gasteiger partial charge in [-0.1, -0.05) is 18.2 Å². The molecule has 0 spiro atoms. The van der Waals surface area contributed by atoms with Crippen LogP contribution in [0, 0.1) is 10.1 Å². The Labute approximate surface area is 176 Å². The lowest BCUT2D eigenvalue weighted by Gasteiger charge is -2.39. The summed E-state index contributed by atoms with van der Waals surface area (Å²) in [5.41, 5.74) is 0.338. The van der Waals surface area contributed by atoms with Crippen LogP contribution >= 0.6 is 0 Å². The fraction of sp³-hybridized carbons (Fsp3) is 0.238. The Balaban J connectivity index is 1.53. The smallest absolute Gasteiger partial charge is 0.295 e. The molecule has 1 aliphatic rings. The van der Waals surface area contributed by atoms with Crippen molar-refractivity contribution in [2.45, 2.75) is 13.0 Å². The highest BCUT2D eigenvalue weighted by molar-refractivity contribution is 6.45. The van der Waals surface area contributed by atoms with Crippen LogP contribution in [0.15, 0.2) is 48.8 Å². The molecule has 1 aliphatic heterocycles. The number of amides is 2. The summed E-state index contributed by atoms with van der Waals surface area (Å²) in [6, 6.07) is 9.75. The lowest BCUT2D eigenvalue weighted by molar-refractivity contribution is -0.383. The van der Waals surface area contributed by atoms with Crippen LogP contribution in [0.25, 0.3) is 11.0 Å². The van der Waals surface area contributed by atoms with Gasteiger partial charge in [0.2, 0.25) is 0 Å². The van der Waals surface area contributed by atoms with Crippen LogP contribution in [0.4, 0.5) is 5.69 Å². The number of benzene rings is 1. The predicted octanol–water partition coefficient (Wildman–Crippen LogP) is 2.03. The molecule has 1 atom stereocenters. The molecule has 2 aromatic heterocycles. The lowest BCUT2D eigenvalue weighted by atomic mass is 10.1. The fourth-order valence-corrected chi connectivity index (χ4v) is 3.82. The van der Waals surface area contributed by atoms with Gasteiger partial charge in [0.1, 0.15) is 11.0 Å². The van der Waals surface area contributed by atoms with Gasteiger partial charge >= 0.3 is 0 Å². The molecular weight excluding hydrogens is 402 g/mol. The molecule has 1 fully saturated rings. The average Bonchev–Trinajstić information content (AvgIpc) is 3.22. The first-order chi connectivity index (χ1) is 14.9. The van der Waals surface area contributed by atoms with Gasteiger partial charge < -0.3 is 14.8 Å². The monoisotopic (exact) mass is 421 g/mol. The second-order valence-electron chi connectivity index (χ2n) is 7.31. The van der Waals surface area contributed by atoms with Crippen molar-refractivity contribution in [1.82, 2.24) is 19.8 Å². The van der Waals surface area contributed by atoms with Crippen molar-refractivity contribution >= 4 is 34.3 Å². The highest BCUT2D eigenvalue weighted by atomic mass is 16.6. The largest absolute Gasteiger partial charge is 0.345 e. The van der Waals surface area contributed by atoms with Crippen molar-refractivity contribution in [3.8, 4) is 0 Å². The van der Waals surface area contributed by atoms with E-state index in [0.717, 1.165) is 0 Å². The van der Waals surface area contributed by atoms with Crippen molar-refractivity contribution in [3.63, 3.8) is 0 Å². The standard InChI is InChI=1S/C21H19N5O5/c1-13-12-24(9-10-25(13)20(28)14-5-3-2-4-6-14)21(29)18(27)15-11-23-19-17(15)16(26(30)31)7-8-22-19/h2-8,11,13H,9-10,12H2,1H3,(H,22,23)/t13-/m1/s1. The Hall–Kier alpha value is -4.08. The van der Waals surface area contributed by atoms with Crippen molar-refractivity contribution in [3.05, 3.63) is 70.0 Å². The Morgan fingerprint density at radius 2 is 1.90 bits per heavy atom. The number of ketones is 1. The van der Waals surface area contributed by atoms with E-state index >= 15 is 0 Å². The molecule has 1 aromatic carbocycles. The quantitative estimate of drug-likeness (QED) is 0.297. The minimum absolute atomic E-state index is 0.0109. The van der Waals surface area contributed by atoms with E-state index in [0.29, 0.717) is 5.56 Å². The number of nitrogens with zero attached hydrogens (tertiary/aromatic N) is 4. The molecule has 1 N–H and O–H groups in total. The zero-order valence-corrected chi connectivity index (χ0v) is 16.6. The molecule has 31 heavy (non-hydrogen) atoms. The van der Waals surface area contributed by atoms with E-state index < -0.39 is 16.6 Å². The number of pyridine rings is 1. The number of Topliss-reactive ketones (excluding diaryl/α,β-unsaturated/α-hetero) is 1. The summed E-state index contributed by atoms with van der Waals surface area (Å²) >= 11 is 0. The maximum atomic E-state index is 12.9. The number of carbonyl (C=O) groups excluding carboxylic acids is 3. The highest BCUT2D eigenvalue weighted by Crippen LogP contribution is 2.28. The van der Waals surface area contributed by atoms with Crippen LogP contribution in [0.2, 0.25) is 0 Å². The molecular formula is C21H19N5O5. The van der Waals surface area contributed by atoms with Crippen molar-refractivity contribution < 1.29 is 19.3 Å². The maximum Gasteiger partial charge on any atom is 0.295 e. The number of hydrogen-bond acceptors (Lipinski definition) is 6. The third-order valence-electron chi connectivity index (χ3n) is 5.38. The molecule has 158 valence electrons. The van der Waals surface area contributed by atoms with Crippen LogP contribution in [-0.4, -0.2) is 68.0 Å². The van der Waals surface area contributed by atoms with E-state index in [1.165, 1.54) is 23.4 Å². The maximum absolute atomic E-state index is 12.9. The van der Waals surface area contributed by atoms with Gasteiger partial charge in [0.05, 0.1) is 10.5 Å². The van der Waals surface area contributed by atoms with Crippen LogP contribution in [0.1, 0.15) is 27.6 Å². The molecule has 10 heteroatoms. The minimum atomic E-state index is -0.850. The average molecular weight is 421 g/mol.